The van der Waals surface area contributed by atoms with Gasteiger partial charge in [-0.1, -0.05) is 17.4 Å². The quantitative estimate of drug-likeness (QED) is 0.801. The summed E-state index contributed by atoms with van der Waals surface area (Å²) in [5.74, 6) is -0.758. The van der Waals surface area contributed by atoms with Crippen LogP contribution in [0.5, 0.6) is 0 Å². The number of aliphatic carboxylic acids is 1. The number of anilines is 1. The molecule has 2 N–H and O–H groups in total. The van der Waals surface area contributed by atoms with Gasteiger partial charge in [0, 0.05) is 13.0 Å². The van der Waals surface area contributed by atoms with Crippen molar-refractivity contribution >= 4 is 32.7 Å². The molecular formula is C12H14N2O2S. The van der Waals surface area contributed by atoms with E-state index in [4.69, 9.17) is 5.11 Å². The minimum atomic E-state index is -0.758. The van der Waals surface area contributed by atoms with Gasteiger partial charge in [0.1, 0.15) is 0 Å². The third-order valence-corrected chi connectivity index (χ3v) is 3.36. The van der Waals surface area contributed by atoms with E-state index in [1.165, 1.54) is 5.56 Å². The molecule has 17 heavy (non-hydrogen) atoms. The maximum Gasteiger partial charge on any atom is 0.303 e. The zero-order valence-corrected chi connectivity index (χ0v) is 10.4. The van der Waals surface area contributed by atoms with Crippen LogP contribution in [0.25, 0.3) is 10.2 Å². The maximum absolute atomic E-state index is 10.3. The lowest BCUT2D eigenvalue weighted by molar-refractivity contribution is -0.137. The maximum atomic E-state index is 10.3. The van der Waals surface area contributed by atoms with E-state index >= 15 is 0 Å². The van der Waals surface area contributed by atoms with Gasteiger partial charge in [0.05, 0.1) is 10.2 Å². The van der Waals surface area contributed by atoms with Crippen molar-refractivity contribution in [3.05, 3.63) is 23.8 Å². The average molecular weight is 250 g/mol. The summed E-state index contributed by atoms with van der Waals surface area (Å²) in [7, 11) is 0. The van der Waals surface area contributed by atoms with E-state index in [2.05, 4.69) is 23.3 Å². The van der Waals surface area contributed by atoms with Crippen molar-refractivity contribution in [2.24, 2.45) is 0 Å². The molecule has 0 atom stereocenters. The van der Waals surface area contributed by atoms with Gasteiger partial charge in [-0.25, -0.2) is 4.98 Å². The van der Waals surface area contributed by atoms with Crippen LogP contribution in [0.1, 0.15) is 18.4 Å². The fourth-order valence-electron chi connectivity index (χ4n) is 1.54. The monoisotopic (exact) mass is 250 g/mol. The number of nitrogens with one attached hydrogen (secondary N) is 1. The number of rotatable bonds is 5. The molecule has 90 valence electrons. The molecule has 0 saturated carbocycles. The molecule has 2 rings (SSSR count). The molecule has 0 aliphatic carbocycles. The van der Waals surface area contributed by atoms with Gasteiger partial charge < -0.3 is 10.4 Å². The highest BCUT2D eigenvalue weighted by molar-refractivity contribution is 7.22. The molecule has 0 spiro atoms. The predicted molar refractivity (Wildman–Crippen MR) is 69.7 cm³/mol. The summed E-state index contributed by atoms with van der Waals surface area (Å²) in [5, 5.41) is 12.5. The molecular weight excluding hydrogens is 236 g/mol. The van der Waals surface area contributed by atoms with Gasteiger partial charge in [0.2, 0.25) is 0 Å². The first-order valence-corrected chi connectivity index (χ1v) is 6.29. The number of carboxylic acids is 1. The molecule has 0 aliphatic heterocycles. The lowest BCUT2D eigenvalue weighted by Gasteiger charge is -1.99. The van der Waals surface area contributed by atoms with Crippen LogP contribution in [0, 0.1) is 6.92 Å². The summed E-state index contributed by atoms with van der Waals surface area (Å²) in [6, 6.07) is 6.15. The smallest absolute Gasteiger partial charge is 0.303 e. The van der Waals surface area contributed by atoms with Crippen molar-refractivity contribution < 1.29 is 9.90 Å². The van der Waals surface area contributed by atoms with Gasteiger partial charge in [-0.15, -0.1) is 0 Å². The molecule has 1 heterocycles. The largest absolute Gasteiger partial charge is 0.481 e. The van der Waals surface area contributed by atoms with E-state index in [1.807, 2.05) is 12.1 Å². The Kier molecular flexibility index (Phi) is 3.58. The molecule has 1 aromatic heterocycles. The van der Waals surface area contributed by atoms with Crippen LogP contribution in [0.15, 0.2) is 18.2 Å². The predicted octanol–water partition coefficient (Wildman–Crippen LogP) is 2.88. The second-order valence-corrected chi connectivity index (χ2v) is 4.94. The van der Waals surface area contributed by atoms with Gasteiger partial charge in [0.15, 0.2) is 5.13 Å². The lowest BCUT2D eigenvalue weighted by Crippen LogP contribution is -2.04. The first-order chi connectivity index (χ1) is 8.15. The fraction of sp³-hybridized carbons (Fsp3) is 0.333. The minimum Gasteiger partial charge on any atom is -0.481 e. The Morgan fingerprint density at radius 2 is 2.35 bits per heavy atom. The van der Waals surface area contributed by atoms with Gasteiger partial charge in [0.25, 0.3) is 0 Å². The van der Waals surface area contributed by atoms with Crippen LogP contribution in [0.3, 0.4) is 0 Å². The Morgan fingerprint density at radius 1 is 1.53 bits per heavy atom. The number of aromatic nitrogens is 1. The zero-order chi connectivity index (χ0) is 12.3. The second-order valence-electron chi connectivity index (χ2n) is 3.91. The number of carbonyl (C=O) groups is 1. The summed E-state index contributed by atoms with van der Waals surface area (Å²) in [5.41, 5.74) is 2.21. The van der Waals surface area contributed by atoms with Crippen LogP contribution < -0.4 is 5.32 Å². The summed E-state index contributed by atoms with van der Waals surface area (Å²) >= 11 is 1.60. The molecule has 1 aromatic carbocycles. The van der Waals surface area contributed by atoms with Crippen LogP contribution in [0.2, 0.25) is 0 Å². The Bertz CT molecular complexity index is 536. The van der Waals surface area contributed by atoms with Gasteiger partial charge in [-0.05, 0) is 31.0 Å². The molecule has 5 heteroatoms. The van der Waals surface area contributed by atoms with Crippen molar-refractivity contribution in [1.29, 1.82) is 0 Å². The SMILES string of the molecule is Cc1ccc2nc(NCCCC(=O)O)sc2c1. The molecule has 0 bridgehead atoms. The highest BCUT2D eigenvalue weighted by Crippen LogP contribution is 2.26. The molecule has 0 aliphatic rings. The van der Waals surface area contributed by atoms with Gasteiger partial charge in [-0.3, -0.25) is 4.79 Å². The minimum absolute atomic E-state index is 0.191. The van der Waals surface area contributed by atoms with E-state index in [1.54, 1.807) is 11.3 Å². The van der Waals surface area contributed by atoms with Crippen molar-refractivity contribution in [2.75, 3.05) is 11.9 Å². The summed E-state index contributed by atoms with van der Waals surface area (Å²) in [6.45, 7) is 2.70. The fourth-order valence-corrected chi connectivity index (χ4v) is 2.53. The van der Waals surface area contributed by atoms with E-state index in [-0.39, 0.29) is 6.42 Å². The van der Waals surface area contributed by atoms with E-state index < -0.39 is 5.97 Å². The molecule has 2 aromatic rings. The number of benzene rings is 1. The van der Waals surface area contributed by atoms with Crippen LogP contribution in [-0.4, -0.2) is 22.6 Å². The third-order valence-electron chi connectivity index (χ3n) is 2.39. The first kappa shape index (κ1) is 11.9. The standard InChI is InChI=1S/C12H14N2O2S/c1-8-4-5-9-10(7-8)17-12(14-9)13-6-2-3-11(15)16/h4-5,7H,2-3,6H2,1H3,(H,13,14)(H,15,16). The number of carboxylic acid groups (broad SMARTS) is 1. The average Bonchev–Trinajstić information content (AvgIpc) is 2.66. The number of hydrogen-bond donors (Lipinski definition) is 2. The van der Waals surface area contributed by atoms with E-state index in [0.717, 1.165) is 15.3 Å². The molecule has 0 fully saturated rings. The van der Waals surface area contributed by atoms with Crippen LogP contribution in [-0.2, 0) is 4.79 Å². The third kappa shape index (κ3) is 3.17. The zero-order valence-electron chi connectivity index (χ0n) is 9.56. The summed E-state index contributed by atoms with van der Waals surface area (Å²) in [6.07, 6.45) is 0.807. The van der Waals surface area contributed by atoms with Crippen LogP contribution >= 0.6 is 11.3 Å². The van der Waals surface area contributed by atoms with Crippen molar-refractivity contribution in [1.82, 2.24) is 4.98 Å². The molecule has 0 radical (unpaired) electrons. The van der Waals surface area contributed by atoms with Crippen LogP contribution in [0.4, 0.5) is 5.13 Å². The van der Waals surface area contributed by atoms with Gasteiger partial charge in [-0.2, -0.15) is 0 Å². The van der Waals surface area contributed by atoms with Gasteiger partial charge >= 0.3 is 5.97 Å². The Balaban J connectivity index is 1.97. The highest BCUT2D eigenvalue weighted by Gasteiger charge is 2.03. The molecule has 0 amide bonds. The number of hydrogen-bond acceptors (Lipinski definition) is 4. The Labute approximate surface area is 103 Å². The normalized spacial score (nSPS) is 10.6. The highest BCUT2D eigenvalue weighted by atomic mass is 32.1. The molecule has 0 saturated heterocycles. The Hall–Kier alpha value is -1.62. The van der Waals surface area contributed by atoms with Crippen molar-refractivity contribution in [3.8, 4) is 0 Å². The summed E-state index contributed by atoms with van der Waals surface area (Å²) < 4.78 is 1.16. The van der Waals surface area contributed by atoms with E-state index in [9.17, 15) is 4.79 Å². The number of thiazole rings is 1. The molecule has 4 nitrogen and oxygen atoms in total. The second kappa shape index (κ2) is 5.14. The van der Waals surface area contributed by atoms with Crippen molar-refractivity contribution in [2.45, 2.75) is 19.8 Å². The molecule has 0 unspecified atom stereocenters. The lowest BCUT2D eigenvalue weighted by atomic mass is 10.2. The number of nitrogens with zero attached hydrogens (tertiary/aromatic N) is 1. The van der Waals surface area contributed by atoms with Crippen molar-refractivity contribution in [3.63, 3.8) is 0 Å². The number of fused-ring (bicyclic) bond motifs is 1. The topological polar surface area (TPSA) is 62.2 Å². The van der Waals surface area contributed by atoms with E-state index in [0.29, 0.717) is 13.0 Å². The Morgan fingerprint density at radius 3 is 3.12 bits per heavy atom. The summed E-state index contributed by atoms with van der Waals surface area (Å²) in [4.78, 5) is 14.8. The first-order valence-electron chi connectivity index (χ1n) is 5.48. The number of aryl methyl sites for hydroxylation is 1.